The predicted molar refractivity (Wildman–Crippen MR) is 77.1 cm³/mol. The fourth-order valence-corrected chi connectivity index (χ4v) is 2.58. The van der Waals surface area contributed by atoms with Gasteiger partial charge in [0.25, 0.3) is 0 Å². The van der Waals surface area contributed by atoms with Gasteiger partial charge in [-0.05, 0) is 49.8 Å². The number of aryl methyl sites for hydroxylation is 1. The monoisotopic (exact) mass is 263 g/mol. The second-order valence-electron chi connectivity index (χ2n) is 5.52. The molecule has 0 saturated heterocycles. The second kappa shape index (κ2) is 7.04. The van der Waals surface area contributed by atoms with Gasteiger partial charge in [-0.1, -0.05) is 24.3 Å². The smallest absolute Gasteiger partial charge is 0.0785 e. The average molecular weight is 263 g/mol. The first-order valence-electron chi connectivity index (χ1n) is 7.18. The van der Waals surface area contributed by atoms with Crippen molar-refractivity contribution in [1.29, 1.82) is 0 Å². The number of aliphatic hydroxyl groups is 1. The Kier molecular flexibility index (Phi) is 5.37. The van der Waals surface area contributed by atoms with E-state index in [-0.39, 0.29) is 6.10 Å². The summed E-state index contributed by atoms with van der Waals surface area (Å²) in [6, 6.07) is 9.03. The molecule has 3 nitrogen and oxygen atoms in total. The van der Waals surface area contributed by atoms with Crippen molar-refractivity contribution in [3.05, 3.63) is 35.4 Å². The van der Waals surface area contributed by atoms with E-state index in [1.807, 2.05) is 0 Å². The van der Waals surface area contributed by atoms with Crippen LogP contribution in [0.1, 0.15) is 36.4 Å². The summed E-state index contributed by atoms with van der Waals surface area (Å²) in [7, 11) is 1.62. The molecule has 2 N–H and O–H groups in total. The van der Waals surface area contributed by atoms with Crippen LogP contribution in [0.2, 0.25) is 0 Å². The van der Waals surface area contributed by atoms with Gasteiger partial charge in [0, 0.05) is 13.2 Å². The zero-order valence-electron chi connectivity index (χ0n) is 11.9. The number of methoxy groups -OCH3 is 1. The van der Waals surface area contributed by atoms with Crippen LogP contribution in [0.15, 0.2) is 24.3 Å². The van der Waals surface area contributed by atoms with E-state index in [0.717, 1.165) is 18.9 Å². The minimum Gasteiger partial charge on any atom is -0.391 e. The molecule has 106 valence electrons. The number of rotatable bonds is 8. The van der Waals surface area contributed by atoms with E-state index >= 15 is 0 Å². The number of benzene rings is 1. The van der Waals surface area contributed by atoms with Crippen molar-refractivity contribution in [2.75, 3.05) is 20.3 Å². The van der Waals surface area contributed by atoms with Crippen LogP contribution in [0.25, 0.3) is 0 Å². The molecule has 2 unspecified atom stereocenters. The Balaban J connectivity index is 1.89. The summed E-state index contributed by atoms with van der Waals surface area (Å²) in [5.41, 5.74) is 2.76. The molecule has 0 bridgehead atoms. The van der Waals surface area contributed by atoms with Crippen LogP contribution in [-0.4, -0.2) is 31.5 Å². The maximum atomic E-state index is 9.68. The number of nitrogens with one attached hydrogen (secondary N) is 1. The van der Waals surface area contributed by atoms with Crippen LogP contribution in [0.5, 0.6) is 0 Å². The molecule has 1 aromatic carbocycles. The first-order chi connectivity index (χ1) is 9.22. The lowest BCUT2D eigenvalue weighted by atomic mass is 9.97. The zero-order chi connectivity index (χ0) is 13.7. The molecule has 1 aliphatic carbocycles. The summed E-state index contributed by atoms with van der Waals surface area (Å²) >= 11 is 0. The highest BCUT2D eigenvalue weighted by molar-refractivity contribution is 5.30. The molecule has 1 fully saturated rings. The summed E-state index contributed by atoms with van der Waals surface area (Å²) in [6.07, 6.45) is 3.00. The third-order valence-corrected chi connectivity index (χ3v) is 3.82. The van der Waals surface area contributed by atoms with Gasteiger partial charge in [-0.2, -0.15) is 0 Å². The molecule has 1 aromatic rings. The van der Waals surface area contributed by atoms with Crippen LogP contribution >= 0.6 is 0 Å². The maximum Gasteiger partial charge on any atom is 0.0785 e. The Labute approximate surface area is 116 Å². The average Bonchev–Trinajstić information content (AvgIpc) is 3.20. The number of hydrogen-bond acceptors (Lipinski definition) is 3. The molecule has 0 heterocycles. The first kappa shape index (κ1) is 14.5. The number of aliphatic hydroxyl groups excluding tert-OH is 1. The van der Waals surface area contributed by atoms with E-state index in [0.29, 0.717) is 12.6 Å². The summed E-state index contributed by atoms with van der Waals surface area (Å²) in [4.78, 5) is 0. The minimum atomic E-state index is -0.366. The molecule has 2 atom stereocenters. The Morgan fingerprint density at radius 3 is 2.74 bits per heavy atom. The molecule has 19 heavy (non-hydrogen) atoms. The highest BCUT2D eigenvalue weighted by Crippen LogP contribution is 2.41. The fourth-order valence-electron chi connectivity index (χ4n) is 2.58. The van der Waals surface area contributed by atoms with Crippen LogP contribution < -0.4 is 5.32 Å². The van der Waals surface area contributed by atoms with E-state index < -0.39 is 0 Å². The quantitative estimate of drug-likeness (QED) is 0.757. The molecule has 0 aliphatic heterocycles. The van der Waals surface area contributed by atoms with Gasteiger partial charge in [0.05, 0.1) is 12.7 Å². The van der Waals surface area contributed by atoms with Crippen LogP contribution in [0.3, 0.4) is 0 Å². The van der Waals surface area contributed by atoms with Crippen molar-refractivity contribution in [2.45, 2.75) is 38.3 Å². The Hall–Kier alpha value is -0.900. The van der Waals surface area contributed by atoms with E-state index in [4.69, 9.17) is 4.74 Å². The number of hydrogen-bond donors (Lipinski definition) is 2. The fraction of sp³-hybridized carbons (Fsp3) is 0.625. The molecule has 2 rings (SSSR count). The molecule has 0 amide bonds. The Bertz CT molecular complexity index is 390. The summed E-state index contributed by atoms with van der Waals surface area (Å²) in [5.74, 6) is 0.765. The molecule has 0 spiro atoms. The van der Waals surface area contributed by atoms with E-state index in [9.17, 15) is 5.11 Å². The standard InChI is InChI=1S/C16H25NO2/c1-12-5-3-4-6-15(12)16(13-7-8-13)17-10-9-14(18)11-19-2/h3-6,13-14,16-18H,7-11H2,1-2H3. The second-order valence-corrected chi connectivity index (χ2v) is 5.52. The van der Waals surface area contributed by atoms with Gasteiger partial charge < -0.3 is 15.2 Å². The normalized spacial score (nSPS) is 18.3. The van der Waals surface area contributed by atoms with Crippen LogP contribution in [-0.2, 0) is 4.74 Å². The van der Waals surface area contributed by atoms with Gasteiger partial charge >= 0.3 is 0 Å². The van der Waals surface area contributed by atoms with Crippen LogP contribution in [0, 0.1) is 12.8 Å². The summed E-state index contributed by atoms with van der Waals surface area (Å²) in [5, 5.41) is 13.3. The van der Waals surface area contributed by atoms with Crippen molar-refractivity contribution >= 4 is 0 Å². The minimum absolute atomic E-state index is 0.366. The van der Waals surface area contributed by atoms with Gasteiger partial charge in [0.2, 0.25) is 0 Å². The molecular formula is C16H25NO2. The summed E-state index contributed by atoms with van der Waals surface area (Å²) < 4.78 is 4.95. The van der Waals surface area contributed by atoms with Crippen molar-refractivity contribution in [3.8, 4) is 0 Å². The first-order valence-corrected chi connectivity index (χ1v) is 7.18. The third-order valence-electron chi connectivity index (χ3n) is 3.82. The molecule has 0 radical (unpaired) electrons. The highest BCUT2D eigenvalue weighted by atomic mass is 16.5. The van der Waals surface area contributed by atoms with Crippen LogP contribution in [0.4, 0.5) is 0 Å². The number of ether oxygens (including phenoxy) is 1. The lowest BCUT2D eigenvalue weighted by Crippen LogP contribution is -2.28. The Morgan fingerprint density at radius 1 is 1.37 bits per heavy atom. The van der Waals surface area contributed by atoms with E-state index in [1.54, 1.807) is 7.11 Å². The molecular weight excluding hydrogens is 238 g/mol. The maximum absolute atomic E-state index is 9.68. The molecule has 1 aliphatic rings. The van der Waals surface area contributed by atoms with Crippen molar-refractivity contribution in [1.82, 2.24) is 5.32 Å². The lowest BCUT2D eigenvalue weighted by Gasteiger charge is -2.21. The SMILES string of the molecule is COCC(O)CCNC(c1ccccc1C)C1CC1. The van der Waals surface area contributed by atoms with Gasteiger partial charge in [-0.3, -0.25) is 0 Å². The third kappa shape index (κ3) is 4.30. The van der Waals surface area contributed by atoms with Crippen molar-refractivity contribution in [3.63, 3.8) is 0 Å². The molecule has 3 heteroatoms. The molecule has 0 aromatic heterocycles. The Morgan fingerprint density at radius 2 is 2.11 bits per heavy atom. The van der Waals surface area contributed by atoms with Gasteiger partial charge in [0.15, 0.2) is 0 Å². The predicted octanol–water partition coefficient (Wildman–Crippen LogP) is 2.43. The van der Waals surface area contributed by atoms with Gasteiger partial charge in [-0.15, -0.1) is 0 Å². The van der Waals surface area contributed by atoms with Gasteiger partial charge in [0.1, 0.15) is 0 Å². The lowest BCUT2D eigenvalue weighted by molar-refractivity contribution is 0.0588. The summed E-state index contributed by atoms with van der Waals surface area (Å²) in [6.45, 7) is 3.42. The molecule has 1 saturated carbocycles. The van der Waals surface area contributed by atoms with Crippen molar-refractivity contribution < 1.29 is 9.84 Å². The highest BCUT2D eigenvalue weighted by Gasteiger charge is 2.32. The van der Waals surface area contributed by atoms with E-state index in [1.165, 1.54) is 24.0 Å². The van der Waals surface area contributed by atoms with Gasteiger partial charge in [-0.25, -0.2) is 0 Å². The van der Waals surface area contributed by atoms with Crippen molar-refractivity contribution in [2.24, 2.45) is 5.92 Å². The topological polar surface area (TPSA) is 41.5 Å². The largest absolute Gasteiger partial charge is 0.391 e. The van der Waals surface area contributed by atoms with E-state index in [2.05, 4.69) is 36.5 Å². The zero-order valence-corrected chi connectivity index (χ0v) is 11.9.